The molecule has 0 aliphatic rings. The van der Waals surface area contributed by atoms with Crippen LogP contribution in [0.2, 0.25) is 0 Å². The normalized spacial score (nSPS) is 10.1. The van der Waals surface area contributed by atoms with Gasteiger partial charge in [0.15, 0.2) is 4.77 Å². The van der Waals surface area contributed by atoms with Crippen molar-refractivity contribution in [1.82, 2.24) is 9.97 Å². The highest BCUT2D eigenvalue weighted by molar-refractivity contribution is 7.71. The summed E-state index contributed by atoms with van der Waals surface area (Å²) >= 11 is 4.77. The molecular weight excluding hydrogens is 204 g/mol. The molecule has 0 atom stereocenters. The van der Waals surface area contributed by atoms with E-state index in [0.29, 0.717) is 12.1 Å². The van der Waals surface area contributed by atoms with Gasteiger partial charge in [0.2, 0.25) is 0 Å². The molecule has 0 spiro atoms. The van der Waals surface area contributed by atoms with Gasteiger partial charge in [-0.2, -0.15) is 0 Å². The van der Waals surface area contributed by atoms with E-state index >= 15 is 0 Å². The molecule has 0 unspecified atom stereocenters. The van der Waals surface area contributed by atoms with Gasteiger partial charge in [-0.15, -0.1) is 0 Å². The smallest absolute Gasteiger partial charge is 0.308 e. The van der Waals surface area contributed by atoms with Crippen molar-refractivity contribution in [3.63, 3.8) is 0 Å². The Balaban J connectivity index is 3.32. The lowest BCUT2D eigenvalue weighted by Gasteiger charge is -2.03. The summed E-state index contributed by atoms with van der Waals surface area (Å²) in [6, 6.07) is 0. The van der Waals surface area contributed by atoms with Crippen LogP contribution in [-0.2, 0) is 17.6 Å². The summed E-state index contributed by atoms with van der Waals surface area (Å²) in [6.07, 6.45) is 0.265. The maximum Gasteiger partial charge on any atom is 0.308 e. The highest BCUT2D eigenvalue weighted by Crippen LogP contribution is 2.01. The Morgan fingerprint density at radius 2 is 2.14 bits per heavy atom. The van der Waals surface area contributed by atoms with Gasteiger partial charge in [-0.25, -0.2) is 0 Å². The zero-order chi connectivity index (χ0) is 10.7. The highest BCUT2D eigenvalue weighted by Gasteiger charge is 2.10. The molecule has 6 heteroatoms. The molecule has 14 heavy (non-hydrogen) atoms. The molecule has 1 aromatic heterocycles. The van der Waals surface area contributed by atoms with Crippen molar-refractivity contribution < 1.29 is 9.90 Å². The number of nitrogens with one attached hydrogen (secondary N) is 2. The zero-order valence-electron chi connectivity index (χ0n) is 7.59. The lowest BCUT2D eigenvalue weighted by atomic mass is 10.1. The summed E-state index contributed by atoms with van der Waals surface area (Å²) in [5.41, 5.74) is 0.405. The monoisotopic (exact) mass is 214 g/mol. The quantitative estimate of drug-likeness (QED) is 0.644. The molecule has 0 aliphatic heterocycles. The lowest BCUT2D eigenvalue weighted by molar-refractivity contribution is -0.136. The van der Waals surface area contributed by atoms with E-state index in [1.54, 1.807) is 0 Å². The van der Waals surface area contributed by atoms with Gasteiger partial charge in [-0.1, -0.05) is 6.92 Å². The van der Waals surface area contributed by atoms with E-state index in [1.165, 1.54) is 0 Å². The largest absolute Gasteiger partial charge is 0.481 e. The van der Waals surface area contributed by atoms with E-state index in [0.717, 1.165) is 0 Å². The summed E-state index contributed by atoms with van der Waals surface area (Å²) in [5, 5.41) is 8.59. The molecule has 0 fully saturated rings. The highest BCUT2D eigenvalue weighted by atomic mass is 32.1. The van der Waals surface area contributed by atoms with E-state index < -0.39 is 11.5 Å². The Bertz CT molecular complexity index is 460. The van der Waals surface area contributed by atoms with Crippen LogP contribution in [0.15, 0.2) is 4.79 Å². The Labute approximate surface area is 84.8 Å². The number of rotatable bonds is 3. The standard InChI is InChI=1S/C8H10N2O3S/c1-2-5-4(3-6(11)12)7(13)10-8(14)9-5/h2-3H2,1H3,(H,11,12)(H2,9,10,13,14). The van der Waals surface area contributed by atoms with Crippen LogP contribution < -0.4 is 5.56 Å². The van der Waals surface area contributed by atoms with Gasteiger partial charge in [-0.05, 0) is 18.6 Å². The second-order valence-electron chi connectivity index (χ2n) is 2.79. The van der Waals surface area contributed by atoms with Gasteiger partial charge in [0.05, 0.1) is 6.42 Å². The SMILES string of the molecule is CCc1[nH]c(=S)[nH]c(=O)c1CC(=O)O. The number of aliphatic carboxylic acids is 1. The molecule has 1 aromatic rings. The number of carboxylic acid groups (broad SMARTS) is 1. The molecule has 3 N–H and O–H groups in total. The molecule has 5 nitrogen and oxygen atoms in total. The summed E-state index contributed by atoms with van der Waals surface area (Å²) in [4.78, 5) is 27.0. The minimum Gasteiger partial charge on any atom is -0.481 e. The molecule has 0 radical (unpaired) electrons. The molecule has 0 bridgehead atoms. The van der Waals surface area contributed by atoms with Crippen molar-refractivity contribution in [1.29, 1.82) is 0 Å². The van der Waals surface area contributed by atoms with Crippen LogP contribution >= 0.6 is 12.2 Å². The number of carboxylic acids is 1. The Morgan fingerprint density at radius 3 is 2.64 bits per heavy atom. The maximum absolute atomic E-state index is 11.3. The summed E-state index contributed by atoms with van der Waals surface area (Å²) < 4.78 is 0.223. The first-order valence-electron chi connectivity index (χ1n) is 4.10. The number of hydrogen-bond acceptors (Lipinski definition) is 3. The van der Waals surface area contributed by atoms with Gasteiger partial charge in [-0.3, -0.25) is 14.6 Å². The first-order valence-corrected chi connectivity index (χ1v) is 4.51. The fraction of sp³-hybridized carbons (Fsp3) is 0.375. The zero-order valence-corrected chi connectivity index (χ0v) is 8.40. The Kier molecular flexibility index (Phi) is 3.19. The minimum absolute atomic E-state index is 0.223. The van der Waals surface area contributed by atoms with Crippen LogP contribution in [0, 0.1) is 4.77 Å². The van der Waals surface area contributed by atoms with Gasteiger partial charge in [0.1, 0.15) is 0 Å². The molecule has 76 valence electrons. The third-order valence-electron chi connectivity index (χ3n) is 1.81. The van der Waals surface area contributed by atoms with Crippen molar-refractivity contribution in [3.8, 4) is 0 Å². The molecule has 0 amide bonds. The van der Waals surface area contributed by atoms with Crippen molar-refractivity contribution in [2.45, 2.75) is 19.8 Å². The second-order valence-corrected chi connectivity index (χ2v) is 3.20. The van der Waals surface area contributed by atoms with Gasteiger partial charge >= 0.3 is 5.97 Å². The Hall–Kier alpha value is -1.43. The van der Waals surface area contributed by atoms with E-state index in [2.05, 4.69) is 9.97 Å². The van der Waals surface area contributed by atoms with Crippen LogP contribution in [0.25, 0.3) is 0 Å². The van der Waals surface area contributed by atoms with Crippen molar-refractivity contribution in [2.75, 3.05) is 0 Å². The molecular formula is C8H10N2O3S. The van der Waals surface area contributed by atoms with Gasteiger partial charge in [0, 0.05) is 11.3 Å². The molecule has 1 heterocycles. The summed E-state index contributed by atoms with van der Waals surface area (Å²) in [7, 11) is 0. The molecule has 0 saturated carbocycles. The predicted molar refractivity (Wildman–Crippen MR) is 53.0 cm³/mol. The molecule has 0 aliphatic carbocycles. The van der Waals surface area contributed by atoms with E-state index in [1.807, 2.05) is 6.92 Å². The average molecular weight is 214 g/mol. The fourth-order valence-electron chi connectivity index (χ4n) is 1.20. The van der Waals surface area contributed by atoms with Crippen LogP contribution in [0.4, 0.5) is 0 Å². The van der Waals surface area contributed by atoms with Crippen LogP contribution in [0.3, 0.4) is 0 Å². The fourth-order valence-corrected chi connectivity index (χ4v) is 1.42. The van der Waals surface area contributed by atoms with E-state index in [4.69, 9.17) is 17.3 Å². The van der Waals surface area contributed by atoms with Crippen LogP contribution in [-0.4, -0.2) is 21.0 Å². The number of aromatic nitrogens is 2. The second kappa shape index (κ2) is 4.19. The third kappa shape index (κ3) is 2.29. The predicted octanol–water partition coefficient (Wildman–Crippen LogP) is 0.622. The van der Waals surface area contributed by atoms with Crippen molar-refractivity contribution in [2.24, 2.45) is 0 Å². The first kappa shape index (κ1) is 10.6. The minimum atomic E-state index is -1.03. The first-order chi connectivity index (χ1) is 6.54. The van der Waals surface area contributed by atoms with E-state index in [9.17, 15) is 9.59 Å². The molecule has 0 aromatic carbocycles. The molecule has 1 rings (SSSR count). The Morgan fingerprint density at radius 1 is 1.50 bits per heavy atom. The van der Waals surface area contributed by atoms with Crippen LogP contribution in [0.1, 0.15) is 18.2 Å². The van der Waals surface area contributed by atoms with Gasteiger partial charge in [0.25, 0.3) is 5.56 Å². The maximum atomic E-state index is 11.3. The van der Waals surface area contributed by atoms with Crippen molar-refractivity contribution in [3.05, 3.63) is 26.4 Å². The van der Waals surface area contributed by atoms with E-state index in [-0.39, 0.29) is 16.8 Å². The summed E-state index contributed by atoms with van der Waals surface area (Å²) in [5.74, 6) is -1.03. The van der Waals surface area contributed by atoms with Gasteiger partial charge < -0.3 is 10.1 Å². The number of carbonyl (C=O) groups is 1. The number of H-pyrrole nitrogens is 2. The number of aromatic amines is 2. The topological polar surface area (TPSA) is 86.0 Å². The van der Waals surface area contributed by atoms with Crippen molar-refractivity contribution >= 4 is 18.2 Å². The number of aryl methyl sites for hydroxylation is 1. The van der Waals surface area contributed by atoms with Crippen LogP contribution in [0.5, 0.6) is 0 Å². The summed E-state index contributed by atoms with van der Waals surface area (Å²) in [6.45, 7) is 1.82. The lowest BCUT2D eigenvalue weighted by Crippen LogP contribution is -2.20. The number of hydrogen-bond donors (Lipinski definition) is 3. The third-order valence-corrected chi connectivity index (χ3v) is 2.02. The molecule has 0 saturated heterocycles. The average Bonchev–Trinajstić information content (AvgIpc) is 2.08.